The minimum Gasteiger partial charge on any atom is -0.307 e. The lowest BCUT2D eigenvalue weighted by Crippen LogP contribution is -2.13. The van der Waals surface area contributed by atoms with Crippen molar-refractivity contribution in [1.82, 2.24) is 9.97 Å². The summed E-state index contributed by atoms with van der Waals surface area (Å²) in [4.78, 5) is 19.1. The number of anilines is 1. The first-order valence-corrected chi connectivity index (χ1v) is 5.06. The zero-order chi connectivity index (χ0) is 12.3. The first-order valence-electron chi connectivity index (χ1n) is 4.68. The van der Waals surface area contributed by atoms with Crippen molar-refractivity contribution in [3.05, 3.63) is 53.2 Å². The summed E-state index contributed by atoms with van der Waals surface area (Å²) in [7, 11) is 0. The van der Waals surface area contributed by atoms with Gasteiger partial charge in [0.25, 0.3) is 5.91 Å². The van der Waals surface area contributed by atoms with Crippen LogP contribution in [0.4, 0.5) is 10.2 Å². The molecular formula is C11H7ClFN3O. The molecule has 1 N–H and O–H groups in total. The van der Waals surface area contributed by atoms with Crippen LogP contribution in [-0.4, -0.2) is 15.9 Å². The second-order valence-corrected chi connectivity index (χ2v) is 3.64. The molecule has 0 saturated heterocycles. The van der Waals surface area contributed by atoms with Crippen LogP contribution in [0.25, 0.3) is 0 Å². The lowest BCUT2D eigenvalue weighted by atomic mass is 10.2. The van der Waals surface area contributed by atoms with Gasteiger partial charge in [-0.15, -0.1) is 0 Å². The quantitative estimate of drug-likeness (QED) is 0.892. The molecule has 2 rings (SSSR count). The van der Waals surface area contributed by atoms with E-state index in [1.165, 1.54) is 12.4 Å². The van der Waals surface area contributed by atoms with Crippen LogP contribution in [0.1, 0.15) is 10.4 Å². The Morgan fingerprint density at radius 1 is 1.29 bits per heavy atom. The number of halogens is 2. The zero-order valence-corrected chi connectivity index (χ0v) is 9.28. The average molecular weight is 252 g/mol. The Balaban J connectivity index is 2.14. The van der Waals surface area contributed by atoms with E-state index < -0.39 is 11.7 Å². The van der Waals surface area contributed by atoms with Gasteiger partial charge >= 0.3 is 0 Å². The summed E-state index contributed by atoms with van der Waals surface area (Å²) in [5.74, 6) is -0.711. The van der Waals surface area contributed by atoms with Crippen LogP contribution in [-0.2, 0) is 0 Å². The van der Waals surface area contributed by atoms with Gasteiger partial charge < -0.3 is 5.32 Å². The predicted molar refractivity (Wildman–Crippen MR) is 61.4 cm³/mol. The van der Waals surface area contributed by atoms with E-state index in [1.807, 2.05) is 0 Å². The van der Waals surface area contributed by atoms with Crippen molar-refractivity contribution in [2.24, 2.45) is 0 Å². The zero-order valence-electron chi connectivity index (χ0n) is 8.52. The number of carbonyl (C=O) groups excluding carboxylic acids is 1. The fourth-order valence-electron chi connectivity index (χ4n) is 1.17. The number of nitrogens with zero attached hydrogens (tertiary/aromatic N) is 2. The van der Waals surface area contributed by atoms with Gasteiger partial charge in [-0.2, -0.15) is 0 Å². The van der Waals surface area contributed by atoms with E-state index in [2.05, 4.69) is 15.3 Å². The highest BCUT2D eigenvalue weighted by atomic mass is 35.5. The normalized spacial score (nSPS) is 10.0. The van der Waals surface area contributed by atoms with Crippen molar-refractivity contribution in [3.8, 4) is 0 Å². The number of hydrogen-bond donors (Lipinski definition) is 1. The number of amides is 1. The average Bonchev–Trinajstić information content (AvgIpc) is 2.32. The van der Waals surface area contributed by atoms with Crippen LogP contribution in [0, 0.1) is 5.82 Å². The largest absolute Gasteiger partial charge is 0.307 e. The van der Waals surface area contributed by atoms with E-state index in [4.69, 9.17) is 11.6 Å². The highest BCUT2D eigenvalue weighted by Gasteiger charge is 2.07. The Kier molecular flexibility index (Phi) is 3.30. The number of hydrogen-bond acceptors (Lipinski definition) is 3. The first kappa shape index (κ1) is 11.5. The van der Waals surface area contributed by atoms with E-state index in [1.54, 1.807) is 12.1 Å². The topological polar surface area (TPSA) is 54.9 Å². The fraction of sp³-hybridized carbons (Fsp3) is 0. The summed E-state index contributed by atoms with van der Waals surface area (Å²) in [5, 5.41) is 2.97. The molecule has 2 heterocycles. The first-order chi connectivity index (χ1) is 8.15. The highest BCUT2D eigenvalue weighted by molar-refractivity contribution is 6.30. The third-order valence-electron chi connectivity index (χ3n) is 1.94. The minimum atomic E-state index is -0.568. The van der Waals surface area contributed by atoms with E-state index in [-0.39, 0.29) is 5.56 Å². The lowest BCUT2D eigenvalue weighted by Gasteiger charge is -2.03. The second-order valence-electron chi connectivity index (χ2n) is 3.21. The second kappa shape index (κ2) is 4.88. The summed E-state index contributed by atoms with van der Waals surface area (Å²) in [6.07, 6.45) is 3.70. The third-order valence-corrected chi connectivity index (χ3v) is 2.16. The molecule has 0 fully saturated rings. The van der Waals surface area contributed by atoms with Crippen molar-refractivity contribution >= 4 is 23.3 Å². The Labute approximate surface area is 101 Å². The number of carbonyl (C=O) groups is 1. The van der Waals surface area contributed by atoms with Crippen molar-refractivity contribution in [2.75, 3.05) is 5.32 Å². The van der Waals surface area contributed by atoms with Crippen LogP contribution in [0.5, 0.6) is 0 Å². The summed E-state index contributed by atoms with van der Waals surface area (Å²) in [5.41, 5.74) is 0.127. The fourth-order valence-corrected chi connectivity index (χ4v) is 1.29. The van der Waals surface area contributed by atoms with Gasteiger partial charge in [-0.25, -0.2) is 9.37 Å². The van der Waals surface area contributed by atoms with Gasteiger partial charge in [-0.05, 0) is 18.2 Å². The molecule has 86 valence electrons. The number of aromatic nitrogens is 2. The number of nitrogens with one attached hydrogen (secondary N) is 1. The van der Waals surface area contributed by atoms with E-state index in [9.17, 15) is 9.18 Å². The van der Waals surface area contributed by atoms with Crippen LogP contribution >= 0.6 is 11.6 Å². The summed E-state index contributed by atoms with van der Waals surface area (Å²) in [6, 6.07) is 4.24. The van der Waals surface area contributed by atoms with Gasteiger partial charge in [-0.1, -0.05) is 11.6 Å². The number of rotatable bonds is 2. The summed E-state index contributed by atoms with van der Waals surface area (Å²) in [6.45, 7) is 0. The summed E-state index contributed by atoms with van der Waals surface area (Å²) >= 11 is 5.65. The molecule has 0 aromatic carbocycles. The van der Waals surface area contributed by atoms with Gasteiger partial charge in [0, 0.05) is 12.4 Å². The molecule has 0 unspecified atom stereocenters. The maximum absolute atomic E-state index is 12.8. The molecule has 6 heteroatoms. The molecule has 0 spiro atoms. The van der Waals surface area contributed by atoms with Crippen molar-refractivity contribution in [3.63, 3.8) is 0 Å². The number of pyridine rings is 2. The van der Waals surface area contributed by atoms with E-state index in [0.717, 1.165) is 12.3 Å². The monoisotopic (exact) mass is 251 g/mol. The van der Waals surface area contributed by atoms with Crippen molar-refractivity contribution in [1.29, 1.82) is 0 Å². The molecule has 0 aliphatic carbocycles. The standard InChI is InChI=1S/C11H7ClFN3O/c12-8-1-2-10(15-5-8)16-11(17)7-3-9(13)6-14-4-7/h1-6H,(H,15,16,17). The van der Waals surface area contributed by atoms with Crippen LogP contribution in [0.3, 0.4) is 0 Å². The van der Waals surface area contributed by atoms with Crippen LogP contribution < -0.4 is 5.32 Å². The van der Waals surface area contributed by atoms with Gasteiger partial charge in [0.05, 0.1) is 16.8 Å². The molecule has 0 saturated carbocycles. The SMILES string of the molecule is O=C(Nc1ccc(Cl)cn1)c1cncc(F)c1. The van der Waals surface area contributed by atoms with Gasteiger partial charge in [0.1, 0.15) is 11.6 Å². The Hall–Kier alpha value is -2.01. The van der Waals surface area contributed by atoms with Gasteiger partial charge in [-0.3, -0.25) is 9.78 Å². The van der Waals surface area contributed by atoms with Crippen molar-refractivity contribution in [2.45, 2.75) is 0 Å². The molecule has 17 heavy (non-hydrogen) atoms. The predicted octanol–water partition coefficient (Wildman–Crippen LogP) is 2.52. The maximum atomic E-state index is 12.8. The van der Waals surface area contributed by atoms with E-state index >= 15 is 0 Å². The molecule has 0 bridgehead atoms. The molecule has 0 aliphatic heterocycles. The Morgan fingerprint density at radius 2 is 2.12 bits per heavy atom. The lowest BCUT2D eigenvalue weighted by molar-refractivity contribution is 0.102. The highest BCUT2D eigenvalue weighted by Crippen LogP contribution is 2.11. The van der Waals surface area contributed by atoms with Crippen LogP contribution in [0.2, 0.25) is 5.02 Å². The van der Waals surface area contributed by atoms with Gasteiger partial charge in [0.15, 0.2) is 0 Å². The molecule has 2 aromatic heterocycles. The molecule has 2 aromatic rings. The molecule has 0 aliphatic rings. The molecule has 0 atom stereocenters. The smallest absolute Gasteiger partial charge is 0.258 e. The minimum absolute atomic E-state index is 0.127. The maximum Gasteiger partial charge on any atom is 0.258 e. The molecule has 0 radical (unpaired) electrons. The Bertz CT molecular complexity index is 545. The van der Waals surface area contributed by atoms with Crippen LogP contribution in [0.15, 0.2) is 36.8 Å². The van der Waals surface area contributed by atoms with Gasteiger partial charge in [0.2, 0.25) is 0 Å². The molecule has 4 nitrogen and oxygen atoms in total. The molecule has 1 amide bonds. The summed E-state index contributed by atoms with van der Waals surface area (Å²) < 4.78 is 12.8. The van der Waals surface area contributed by atoms with Crippen molar-refractivity contribution < 1.29 is 9.18 Å². The third kappa shape index (κ3) is 2.98. The van der Waals surface area contributed by atoms with E-state index in [0.29, 0.717) is 10.8 Å². The Morgan fingerprint density at radius 3 is 2.76 bits per heavy atom. The molecular weight excluding hydrogens is 245 g/mol.